The molecule has 0 aliphatic heterocycles. The standard InChI is InChI=1S/C20H26N2O3/c1-20(2,3)10-9-17(19(24)25-4)22-18(23)15-11-13-7-5-6-8-14(13)12-16(15)21/h5-8,11-12,17H,9-10,21H2,1-4H3,(H,22,23). The third-order valence-electron chi connectivity index (χ3n) is 4.14. The zero-order valence-electron chi connectivity index (χ0n) is 15.3. The average molecular weight is 342 g/mol. The van der Waals surface area contributed by atoms with Gasteiger partial charge in [0.15, 0.2) is 0 Å². The molecular formula is C20H26N2O3. The normalized spacial score (nSPS) is 12.6. The molecule has 0 heterocycles. The molecular weight excluding hydrogens is 316 g/mol. The van der Waals surface area contributed by atoms with Crippen LogP contribution in [0.25, 0.3) is 10.8 Å². The number of methoxy groups -OCH3 is 1. The molecule has 5 nitrogen and oxygen atoms in total. The van der Waals surface area contributed by atoms with Gasteiger partial charge in [-0.3, -0.25) is 4.79 Å². The third kappa shape index (κ3) is 4.95. The van der Waals surface area contributed by atoms with Gasteiger partial charge in [0.25, 0.3) is 5.91 Å². The minimum atomic E-state index is -0.692. The molecule has 3 N–H and O–H groups in total. The van der Waals surface area contributed by atoms with E-state index < -0.39 is 12.0 Å². The number of benzene rings is 2. The van der Waals surface area contributed by atoms with Crippen LogP contribution < -0.4 is 11.1 Å². The molecule has 0 aliphatic carbocycles. The predicted octanol–water partition coefficient (Wildman–Crippen LogP) is 3.52. The number of hydrogen-bond donors (Lipinski definition) is 2. The van der Waals surface area contributed by atoms with Gasteiger partial charge in [0.1, 0.15) is 6.04 Å². The van der Waals surface area contributed by atoms with Crippen molar-refractivity contribution in [3.8, 4) is 0 Å². The van der Waals surface area contributed by atoms with Crippen LogP contribution in [-0.2, 0) is 9.53 Å². The maximum atomic E-state index is 12.7. The number of nitrogen functional groups attached to an aromatic ring is 1. The van der Waals surface area contributed by atoms with E-state index in [1.54, 1.807) is 12.1 Å². The highest BCUT2D eigenvalue weighted by Crippen LogP contribution is 2.24. The van der Waals surface area contributed by atoms with Crippen molar-refractivity contribution in [3.05, 3.63) is 42.0 Å². The van der Waals surface area contributed by atoms with Crippen LogP contribution in [0.3, 0.4) is 0 Å². The van der Waals surface area contributed by atoms with Crippen molar-refractivity contribution in [1.82, 2.24) is 5.32 Å². The maximum Gasteiger partial charge on any atom is 0.328 e. The first-order chi connectivity index (χ1) is 11.7. The number of amides is 1. The van der Waals surface area contributed by atoms with Crippen LogP contribution >= 0.6 is 0 Å². The minimum absolute atomic E-state index is 0.0545. The Morgan fingerprint density at radius 1 is 1.16 bits per heavy atom. The van der Waals surface area contributed by atoms with Crippen molar-refractivity contribution in [2.75, 3.05) is 12.8 Å². The summed E-state index contributed by atoms with van der Waals surface area (Å²) in [5.41, 5.74) is 6.84. The number of nitrogens with two attached hydrogens (primary N) is 1. The summed E-state index contributed by atoms with van der Waals surface area (Å²) in [6.45, 7) is 6.26. The highest BCUT2D eigenvalue weighted by atomic mass is 16.5. The zero-order chi connectivity index (χ0) is 18.6. The fourth-order valence-corrected chi connectivity index (χ4v) is 2.66. The lowest BCUT2D eigenvalue weighted by molar-refractivity contribution is -0.143. The Morgan fingerprint density at radius 3 is 2.32 bits per heavy atom. The van der Waals surface area contributed by atoms with Gasteiger partial charge in [-0.25, -0.2) is 4.79 Å². The second kappa shape index (κ2) is 7.55. The Hall–Kier alpha value is -2.56. The van der Waals surface area contributed by atoms with Gasteiger partial charge >= 0.3 is 5.97 Å². The fourth-order valence-electron chi connectivity index (χ4n) is 2.66. The van der Waals surface area contributed by atoms with E-state index in [1.807, 2.05) is 24.3 Å². The SMILES string of the molecule is COC(=O)C(CCC(C)(C)C)NC(=O)c1cc2ccccc2cc1N. The van der Waals surface area contributed by atoms with Gasteiger partial charge in [-0.2, -0.15) is 0 Å². The molecule has 0 spiro atoms. The van der Waals surface area contributed by atoms with Crippen LogP contribution in [0, 0.1) is 5.41 Å². The molecule has 0 saturated heterocycles. The molecule has 5 heteroatoms. The molecule has 25 heavy (non-hydrogen) atoms. The molecule has 2 aromatic rings. The van der Waals surface area contributed by atoms with Crippen molar-refractivity contribution in [2.45, 2.75) is 39.7 Å². The number of rotatable bonds is 5. The van der Waals surface area contributed by atoms with Gasteiger partial charge in [-0.15, -0.1) is 0 Å². The molecule has 1 atom stereocenters. The van der Waals surface area contributed by atoms with E-state index in [9.17, 15) is 9.59 Å². The fraction of sp³-hybridized carbons (Fsp3) is 0.400. The first-order valence-corrected chi connectivity index (χ1v) is 8.38. The van der Waals surface area contributed by atoms with E-state index in [0.717, 1.165) is 17.2 Å². The highest BCUT2D eigenvalue weighted by molar-refractivity contribution is 6.05. The molecule has 1 amide bonds. The summed E-state index contributed by atoms with van der Waals surface area (Å²) >= 11 is 0. The number of anilines is 1. The molecule has 134 valence electrons. The first kappa shape index (κ1) is 18.8. The van der Waals surface area contributed by atoms with Crippen LogP contribution in [-0.4, -0.2) is 25.0 Å². The van der Waals surface area contributed by atoms with Crippen molar-refractivity contribution in [3.63, 3.8) is 0 Å². The summed E-state index contributed by atoms with van der Waals surface area (Å²) in [6, 6.07) is 10.5. The van der Waals surface area contributed by atoms with Gasteiger partial charge in [0, 0.05) is 5.69 Å². The number of nitrogens with one attached hydrogen (secondary N) is 1. The lowest BCUT2D eigenvalue weighted by atomic mass is 9.88. The van der Waals surface area contributed by atoms with Crippen LogP contribution in [0.4, 0.5) is 5.69 Å². The van der Waals surface area contributed by atoms with Gasteiger partial charge in [0.05, 0.1) is 12.7 Å². The minimum Gasteiger partial charge on any atom is -0.467 e. The lowest BCUT2D eigenvalue weighted by Crippen LogP contribution is -2.42. The summed E-state index contributed by atoms with van der Waals surface area (Å²) in [7, 11) is 1.32. The molecule has 0 aromatic heterocycles. The largest absolute Gasteiger partial charge is 0.467 e. The first-order valence-electron chi connectivity index (χ1n) is 8.38. The highest BCUT2D eigenvalue weighted by Gasteiger charge is 2.25. The Balaban J connectivity index is 2.22. The quantitative estimate of drug-likeness (QED) is 0.643. The number of carbonyl (C=O) groups is 2. The third-order valence-corrected chi connectivity index (χ3v) is 4.14. The molecule has 0 saturated carbocycles. The molecule has 2 rings (SSSR count). The monoisotopic (exact) mass is 342 g/mol. The number of ether oxygens (including phenoxy) is 1. The molecule has 2 aromatic carbocycles. The van der Waals surface area contributed by atoms with E-state index in [1.165, 1.54) is 7.11 Å². The maximum absolute atomic E-state index is 12.7. The van der Waals surface area contributed by atoms with Crippen LogP contribution in [0.1, 0.15) is 44.0 Å². The van der Waals surface area contributed by atoms with E-state index in [-0.39, 0.29) is 11.3 Å². The van der Waals surface area contributed by atoms with Gasteiger partial charge in [-0.05, 0) is 41.2 Å². The molecule has 0 fully saturated rings. The summed E-state index contributed by atoms with van der Waals surface area (Å²) in [5, 5.41) is 4.66. The Labute approximate surface area is 148 Å². The average Bonchev–Trinajstić information content (AvgIpc) is 2.56. The Bertz CT molecular complexity index is 778. The van der Waals surface area contributed by atoms with Crippen molar-refractivity contribution in [2.24, 2.45) is 5.41 Å². The van der Waals surface area contributed by atoms with Crippen molar-refractivity contribution < 1.29 is 14.3 Å². The number of fused-ring (bicyclic) bond motifs is 1. The van der Waals surface area contributed by atoms with Gasteiger partial charge < -0.3 is 15.8 Å². The second-order valence-corrected chi connectivity index (χ2v) is 7.44. The van der Waals surface area contributed by atoms with Crippen LogP contribution in [0.2, 0.25) is 0 Å². The summed E-state index contributed by atoms with van der Waals surface area (Å²) in [4.78, 5) is 24.7. The molecule has 1 unspecified atom stereocenters. The topological polar surface area (TPSA) is 81.4 Å². The van der Waals surface area contributed by atoms with Crippen LogP contribution in [0.15, 0.2) is 36.4 Å². The van der Waals surface area contributed by atoms with Gasteiger partial charge in [0.2, 0.25) is 0 Å². The molecule has 0 bridgehead atoms. The van der Waals surface area contributed by atoms with Gasteiger partial charge in [-0.1, -0.05) is 45.0 Å². The second-order valence-electron chi connectivity index (χ2n) is 7.44. The van der Waals surface area contributed by atoms with Crippen molar-refractivity contribution >= 4 is 28.3 Å². The summed E-state index contributed by atoms with van der Waals surface area (Å²) in [6.07, 6.45) is 1.29. The van der Waals surface area contributed by atoms with Crippen LogP contribution in [0.5, 0.6) is 0 Å². The van der Waals surface area contributed by atoms with E-state index in [4.69, 9.17) is 10.5 Å². The zero-order valence-corrected chi connectivity index (χ0v) is 15.3. The van der Waals surface area contributed by atoms with E-state index in [2.05, 4.69) is 26.1 Å². The summed E-state index contributed by atoms with van der Waals surface area (Å²) in [5.74, 6) is -0.815. The van der Waals surface area contributed by atoms with E-state index in [0.29, 0.717) is 17.7 Å². The smallest absolute Gasteiger partial charge is 0.328 e. The predicted molar refractivity (Wildman–Crippen MR) is 100 cm³/mol. The number of carbonyl (C=O) groups excluding carboxylic acids is 2. The van der Waals surface area contributed by atoms with E-state index >= 15 is 0 Å². The Kier molecular flexibility index (Phi) is 5.67. The molecule has 0 radical (unpaired) electrons. The number of esters is 1. The number of hydrogen-bond acceptors (Lipinski definition) is 4. The molecule has 0 aliphatic rings. The summed E-state index contributed by atoms with van der Waals surface area (Å²) < 4.78 is 4.83. The van der Waals surface area contributed by atoms with Crippen molar-refractivity contribution in [1.29, 1.82) is 0 Å². The Morgan fingerprint density at radius 2 is 1.76 bits per heavy atom. The lowest BCUT2D eigenvalue weighted by Gasteiger charge is -2.22.